The van der Waals surface area contributed by atoms with Crippen LogP contribution in [-0.4, -0.2) is 60.3 Å². The molecule has 0 radical (unpaired) electrons. The molecule has 1 aliphatic carbocycles. The zero-order valence-corrected chi connectivity index (χ0v) is 17.9. The van der Waals surface area contributed by atoms with Crippen LogP contribution in [0.4, 0.5) is 4.79 Å². The van der Waals surface area contributed by atoms with Crippen molar-refractivity contribution in [2.24, 2.45) is 5.92 Å². The van der Waals surface area contributed by atoms with Crippen molar-refractivity contribution in [1.29, 1.82) is 0 Å². The molecule has 1 saturated carbocycles. The third-order valence-corrected chi connectivity index (χ3v) is 6.42. The SMILES string of the molecule is CCOC(=O)N1CC[C@@H](NC(=O)c2[nH]c(C)c(Cl)c2Br)[C@@H](OCC2CC2)C1. The summed E-state index contributed by atoms with van der Waals surface area (Å²) >= 11 is 9.51. The molecule has 2 heterocycles. The van der Waals surface area contributed by atoms with E-state index in [1.54, 1.807) is 11.8 Å². The molecule has 2 aliphatic rings. The molecule has 2 atom stereocenters. The number of amides is 2. The maximum Gasteiger partial charge on any atom is 0.409 e. The zero-order valence-electron chi connectivity index (χ0n) is 15.5. The first-order valence-electron chi connectivity index (χ1n) is 9.28. The smallest absolute Gasteiger partial charge is 0.409 e. The number of aromatic nitrogens is 1. The first kappa shape index (κ1) is 20.5. The van der Waals surface area contributed by atoms with Crippen molar-refractivity contribution in [3.05, 3.63) is 20.9 Å². The predicted molar refractivity (Wildman–Crippen MR) is 105 cm³/mol. The monoisotopic (exact) mass is 461 g/mol. The minimum Gasteiger partial charge on any atom is -0.450 e. The van der Waals surface area contributed by atoms with Crippen LogP contribution >= 0.6 is 27.5 Å². The summed E-state index contributed by atoms with van der Waals surface area (Å²) in [4.78, 5) is 29.4. The Morgan fingerprint density at radius 3 is 2.70 bits per heavy atom. The highest BCUT2D eigenvalue weighted by Gasteiger charge is 2.36. The third-order valence-electron chi connectivity index (χ3n) is 4.93. The van der Waals surface area contributed by atoms with Gasteiger partial charge in [-0.3, -0.25) is 4.79 Å². The topological polar surface area (TPSA) is 83.7 Å². The summed E-state index contributed by atoms with van der Waals surface area (Å²) in [6.45, 7) is 5.51. The second kappa shape index (κ2) is 8.84. The number of aryl methyl sites for hydroxylation is 1. The molecule has 2 fully saturated rings. The van der Waals surface area contributed by atoms with Crippen LogP contribution in [0.2, 0.25) is 5.02 Å². The number of H-pyrrole nitrogens is 1. The molecular formula is C18H25BrClN3O4. The molecule has 27 heavy (non-hydrogen) atoms. The summed E-state index contributed by atoms with van der Waals surface area (Å²) in [5.41, 5.74) is 1.12. The van der Waals surface area contributed by atoms with Crippen molar-refractivity contribution in [2.45, 2.75) is 45.3 Å². The summed E-state index contributed by atoms with van der Waals surface area (Å²) < 4.78 is 11.7. The molecule has 0 aromatic carbocycles. The number of carbonyl (C=O) groups is 2. The van der Waals surface area contributed by atoms with E-state index < -0.39 is 0 Å². The van der Waals surface area contributed by atoms with Gasteiger partial charge < -0.3 is 24.7 Å². The van der Waals surface area contributed by atoms with Crippen LogP contribution < -0.4 is 5.32 Å². The van der Waals surface area contributed by atoms with Crippen molar-refractivity contribution in [2.75, 3.05) is 26.3 Å². The summed E-state index contributed by atoms with van der Waals surface area (Å²) in [6, 6.07) is -0.184. The van der Waals surface area contributed by atoms with Crippen LogP contribution in [0.5, 0.6) is 0 Å². The number of aromatic amines is 1. The van der Waals surface area contributed by atoms with Crippen LogP contribution in [-0.2, 0) is 9.47 Å². The minimum absolute atomic E-state index is 0.184. The number of carbonyl (C=O) groups excluding carboxylic acids is 2. The lowest BCUT2D eigenvalue weighted by Crippen LogP contribution is -2.56. The third kappa shape index (κ3) is 4.97. The molecule has 2 amide bonds. The Bertz CT molecular complexity index is 707. The Hall–Kier alpha value is -1.25. The molecule has 7 nitrogen and oxygen atoms in total. The average molecular weight is 463 g/mol. The standard InChI is InChI=1S/C18H25BrClN3O4/c1-3-26-18(25)23-7-6-12(13(8-23)27-9-11-4-5-11)22-17(24)16-14(19)15(20)10(2)21-16/h11-13,21H,3-9H2,1-2H3,(H,22,24)/t12-,13+/m1/s1. The Morgan fingerprint density at radius 1 is 1.37 bits per heavy atom. The first-order valence-corrected chi connectivity index (χ1v) is 10.5. The van der Waals surface area contributed by atoms with E-state index in [1.807, 2.05) is 6.92 Å². The summed E-state index contributed by atoms with van der Waals surface area (Å²) in [7, 11) is 0. The van der Waals surface area contributed by atoms with Crippen molar-refractivity contribution < 1.29 is 19.1 Å². The van der Waals surface area contributed by atoms with Gasteiger partial charge in [0.2, 0.25) is 0 Å². The number of halogens is 2. The molecule has 0 bridgehead atoms. The van der Waals surface area contributed by atoms with Gasteiger partial charge in [0.1, 0.15) is 5.69 Å². The number of piperidine rings is 1. The molecule has 2 N–H and O–H groups in total. The van der Waals surface area contributed by atoms with Crippen molar-refractivity contribution in [1.82, 2.24) is 15.2 Å². The highest BCUT2D eigenvalue weighted by molar-refractivity contribution is 9.10. The van der Waals surface area contributed by atoms with Crippen LogP contribution in [0.3, 0.4) is 0 Å². The lowest BCUT2D eigenvalue weighted by atomic mass is 10.0. The van der Waals surface area contributed by atoms with Crippen molar-refractivity contribution >= 4 is 39.5 Å². The average Bonchev–Trinajstić information content (AvgIpc) is 3.44. The molecule has 0 spiro atoms. The number of nitrogens with one attached hydrogen (secondary N) is 2. The summed E-state index contributed by atoms with van der Waals surface area (Å²) in [6.07, 6.45) is 2.36. The van der Waals surface area contributed by atoms with Gasteiger partial charge in [-0.25, -0.2) is 4.79 Å². The molecule has 1 aliphatic heterocycles. The number of likely N-dealkylation sites (tertiary alicyclic amines) is 1. The normalized spacial score (nSPS) is 22.6. The van der Waals surface area contributed by atoms with Gasteiger partial charge in [-0.2, -0.15) is 0 Å². The van der Waals surface area contributed by atoms with Crippen LogP contribution in [0.15, 0.2) is 4.47 Å². The zero-order chi connectivity index (χ0) is 19.6. The van der Waals surface area contributed by atoms with Gasteiger partial charge in [-0.05, 0) is 55.0 Å². The Morgan fingerprint density at radius 2 is 2.11 bits per heavy atom. The lowest BCUT2D eigenvalue weighted by Gasteiger charge is -2.38. The maximum absolute atomic E-state index is 12.7. The molecule has 3 rings (SSSR count). The van der Waals surface area contributed by atoms with E-state index in [2.05, 4.69) is 26.2 Å². The minimum atomic E-state index is -0.336. The van der Waals surface area contributed by atoms with E-state index in [1.165, 1.54) is 12.8 Å². The Kier molecular flexibility index (Phi) is 6.70. The maximum atomic E-state index is 12.7. The van der Waals surface area contributed by atoms with Gasteiger partial charge in [0.15, 0.2) is 0 Å². The van der Waals surface area contributed by atoms with E-state index in [0.29, 0.717) is 53.8 Å². The quantitative estimate of drug-likeness (QED) is 0.678. The number of rotatable bonds is 6. The van der Waals surface area contributed by atoms with Gasteiger partial charge in [-0.1, -0.05) is 11.6 Å². The largest absolute Gasteiger partial charge is 0.450 e. The molecule has 150 valence electrons. The molecule has 1 saturated heterocycles. The van der Waals surface area contributed by atoms with Gasteiger partial charge in [0.25, 0.3) is 5.91 Å². The highest BCUT2D eigenvalue weighted by Crippen LogP contribution is 2.31. The van der Waals surface area contributed by atoms with E-state index in [9.17, 15) is 9.59 Å². The second-order valence-electron chi connectivity index (χ2n) is 7.08. The molecule has 1 aromatic rings. The van der Waals surface area contributed by atoms with Gasteiger partial charge >= 0.3 is 6.09 Å². The lowest BCUT2D eigenvalue weighted by molar-refractivity contribution is -0.0239. The Labute approximate surface area is 172 Å². The summed E-state index contributed by atoms with van der Waals surface area (Å²) in [5.74, 6) is 0.352. The van der Waals surface area contributed by atoms with Gasteiger partial charge in [0, 0.05) is 18.8 Å². The van der Waals surface area contributed by atoms with Gasteiger partial charge in [0.05, 0.1) is 34.8 Å². The number of nitrogens with zero attached hydrogens (tertiary/aromatic N) is 1. The second-order valence-corrected chi connectivity index (χ2v) is 8.25. The number of hydrogen-bond donors (Lipinski definition) is 2. The first-order chi connectivity index (χ1) is 12.9. The molecular weight excluding hydrogens is 438 g/mol. The molecule has 9 heteroatoms. The van der Waals surface area contributed by atoms with E-state index >= 15 is 0 Å². The van der Waals surface area contributed by atoms with E-state index in [-0.39, 0.29) is 24.1 Å². The van der Waals surface area contributed by atoms with Crippen LogP contribution in [0.25, 0.3) is 0 Å². The number of ether oxygens (including phenoxy) is 2. The van der Waals surface area contributed by atoms with Crippen molar-refractivity contribution in [3.63, 3.8) is 0 Å². The van der Waals surface area contributed by atoms with Crippen LogP contribution in [0.1, 0.15) is 42.4 Å². The van der Waals surface area contributed by atoms with Gasteiger partial charge in [-0.15, -0.1) is 0 Å². The summed E-state index contributed by atoms with van der Waals surface area (Å²) in [5, 5.41) is 3.54. The highest BCUT2D eigenvalue weighted by atomic mass is 79.9. The fourth-order valence-corrected chi connectivity index (χ4v) is 3.86. The Balaban J connectivity index is 1.66. The molecule has 0 unspecified atom stereocenters. The number of hydrogen-bond acceptors (Lipinski definition) is 4. The molecule has 1 aromatic heterocycles. The predicted octanol–water partition coefficient (Wildman–Crippen LogP) is 3.49. The van der Waals surface area contributed by atoms with Crippen LogP contribution in [0, 0.1) is 12.8 Å². The fourth-order valence-electron chi connectivity index (χ4n) is 3.14. The fraction of sp³-hybridized carbons (Fsp3) is 0.667. The van der Waals surface area contributed by atoms with E-state index in [4.69, 9.17) is 21.1 Å². The van der Waals surface area contributed by atoms with E-state index in [0.717, 1.165) is 5.69 Å². The van der Waals surface area contributed by atoms with Crippen molar-refractivity contribution in [3.8, 4) is 0 Å².